The molecule has 0 bridgehead atoms. The van der Waals surface area contributed by atoms with Gasteiger partial charge < -0.3 is 9.73 Å². The third kappa shape index (κ3) is 4.41. The van der Waals surface area contributed by atoms with Crippen LogP contribution >= 0.6 is 0 Å². The number of hydrogen-bond donors (Lipinski definition) is 1. The van der Waals surface area contributed by atoms with Gasteiger partial charge in [-0.1, -0.05) is 6.42 Å². The standard InChI is InChI=1S/C14H25N3O/c1-14(2,3)15-9-5-8-12-16-17-13(18-12)10-11-6-4-7-11/h11,15H,4-10H2,1-3H3. The Kier molecular flexibility index (Phi) is 4.38. The van der Waals surface area contributed by atoms with Gasteiger partial charge in [-0.3, -0.25) is 0 Å². The van der Waals surface area contributed by atoms with Crippen LogP contribution in [-0.2, 0) is 12.8 Å². The number of nitrogens with one attached hydrogen (secondary N) is 1. The first-order chi connectivity index (χ1) is 8.53. The highest BCUT2D eigenvalue weighted by atomic mass is 16.4. The van der Waals surface area contributed by atoms with Crippen molar-refractivity contribution in [1.29, 1.82) is 0 Å². The summed E-state index contributed by atoms with van der Waals surface area (Å²) in [6, 6.07) is 0. The highest BCUT2D eigenvalue weighted by Crippen LogP contribution is 2.29. The van der Waals surface area contributed by atoms with Crippen molar-refractivity contribution in [3.05, 3.63) is 11.8 Å². The third-order valence-corrected chi connectivity index (χ3v) is 3.42. The van der Waals surface area contributed by atoms with E-state index in [1.165, 1.54) is 19.3 Å². The molecule has 1 aromatic heterocycles. The Bertz CT molecular complexity index is 363. The molecule has 2 rings (SSSR count). The maximum absolute atomic E-state index is 5.67. The van der Waals surface area contributed by atoms with E-state index in [4.69, 9.17) is 4.42 Å². The van der Waals surface area contributed by atoms with Crippen molar-refractivity contribution in [2.45, 2.75) is 64.8 Å². The Labute approximate surface area is 110 Å². The van der Waals surface area contributed by atoms with E-state index in [0.29, 0.717) is 0 Å². The SMILES string of the molecule is CC(C)(C)NCCCc1nnc(CC2CCC2)o1. The van der Waals surface area contributed by atoms with Crippen LogP contribution in [0.25, 0.3) is 0 Å². The molecule has 0 saturated heterocycles. The van der Waals surface area contributed by atoms with Crippen LogP contribution < -0.4 is 5.32 Å². The first kappa shape index (κ1) is 13.5. The van der Waals surface area contributed by atoms with Gasteiger partial charge in [0.15, 0.2) is 0 Å². The van der Waals surface area contributed by atoms with Crippen LogP contribution in [-0.4, -0.2) is 22.3 Å². The van der Waals surface area contributed by atoms with Crippen molar-refractivity contribution in [2.75, 3.05) is 6.54 Å². The zero-order valence-corrected chi connectivity index (χ0v) is 11.8. The summed E-state index contributed by atoms with van der Waals surface area (Å²) in [4.78, 5) is 0. The quantitative estimate of drug-likeness (QED) is 0.790. The van der Waals surface area contributed by atoms with Crippen LogP contribution in [0.15, 0.2) is 4.42 Å². The van der Waals surface area contributed by atoms with Gasteiger partial charge >= 0.3 is 0 Å². The Hall–Kier alpha value is -0.900. The second-order valence-corrected chi connectivity index (χ2v) is 6.37. The molecule has 18 heavy (non-hydrogen) atoms. The summed E-state index contributed by atoms with van der Waals surface area (Å²) >= 11 is 0. The molecule has 1 aromatic rings. The van der Waals surface area contributed by atoms with E-state index in [9.17, 15) is 0 Å². The van der Waals surface area contributed by atoms with Gasteiger partial charge in [0.1, 0.15) is 0 Å². The fourth-order valence-electron chi connectivity index (χ4n) is 2.12. The molecular formula is C14H25N3O. The van der Waals surface area contributed by atoms with E-state index >= 15 is 0 Å². The number of aromatic nitrogens is 2. The lowest BCUT2D eigenvalue weighted by molar-refractivity contribution is 0.286. The topological polar surface area (TPSA) is 51.0 Å². The highest BCUT2D eigenvalue weighted by molar-refractivity contribution is 4.87. The zero-order valence-electron chi connectivity index (χ0n) is 11.8. The number of aryl methyl sites for hydroxylation is 1. The second kappa shape index (κ2) is 5.83. The maximum Gasteiger partial charge on any atom is 0.216 e. The molecule has 1 aliphatic rings. The molecule has 0 spiro atoms. The zero-order chi connectivity index (χ0) is 13.0. The molecule has 0 amide bonds. The average Bonchev–Trinajstić information content (AvgIpc) is 2.65. The summed E-state index contributed by atoms with van der Waals surface area (Å²) < 4.78 is 5.67. The lowest BCUT2D eigenvalue weighted by Crippen LogP contribution is -2.36. The summed E-state index contributed by atoms with van der Waals surface area (Å²) in [6.07, 6.45) is 6.92. The molecular weight excluding hydrogens is 226 g/mol. The summed E-state index contributed by atoms with van der Waals surface area (Å²) in [6.45, 7) is 7.52. The largest absolute Gasteiger partial charge is 0.425 e. The number of nitrogens with zero attached hydrogens (tertiary/aromatic N) is 2. The van der Waals surface area contributed by atoms with Gasteiger partial charge in [-0.2, -0.15) is 0 Å². The lowest BCUT2D eigenvalue weighted by Gasteiger charge is -2.23. The molecule has 1 aliphatic carbocycles. The smallest absolute Gasteiger partial charge is 0.216 e. The van der Waals surface area contributed by atoms with Crippen LogP contribution in [0.3, 0.4) is 0 Å². The maximum atomic E-state index is 5.67. The predicted molar refractivity (Wildman–Crippen MR) is 71.4 cm³/mol. The van der Waals surface area contributed by atoms with Crippen LogP contribution in [0.2, 0.25) is 0 Å². The van der Waals surface area contributed by atoms with E-state index in [-0.39, 0.29) is 5.54 Å². The Morgan fingerprint density at radius 3 is 2.56 bits per heavy atom. The van der Waals surface area contributed by atoms with E-state index in [1.807, 2.05) is 0 Å². The monoisotopic (exact) mass is 251 g/mol. The Morgan fingerprint density at radius 2 is 1.94 bits per heavy atom. The van der Waals surface area contributed by atoms with Crippen molar-refractivity contribution >= 4 is 0 Å². The molecule has 1 saturated carbocycles. The molecule has 1 fully saturated rings. The van der Waals surface area contributed by atoms with E-state index in [2.05, 4.69) is 36.3 Å². The van der Waals surface area contributed by atoms with Crippen LogP contribution in [0.4, 0.5) is 0 Å². The van der Waals surface area contributed by atoms with Crippen molar-refractivity contribution in [1.82, 2.24) is 15.5 Å². The van der Waals surface area contributed by atoms with Crippen molar-refractivity contribution < 1.29 is 4.42 Å². The molecule has 1 heterocycles. The normalized spacial score (nSPS) is 16.8. The molecule has 0 aliphatic heterocycles. The van der Waals surface area contributed by atoms with Gasteiger partial charge in [-0.05, 0) is 52.5 Å². The molecule has 4 nitrogen and oxygen atoms in total. The average molecular weight is 251 g/mol. The van der Waals surface area contributed by atoms with Gasteiger partial charge in [0, 0.05) is 18.4 Å². The second-order valence-electron chi connectivity index (χ2n) is 6.37. The van der Waals surface area contributed by atoms with Gasteiger partial charge in [-0.15, -0.1) is 10.2 Å². The summed E-state index contributed by atoms with van der Waals surface area (Å²) in [5.74, 6) is 2.42. The lowest BCUT2D eigenvalue weighted by atomic mass is 9.83. The molecule has 0 aromatic carbocycles. The van der Waals surface area contributed by atoms with Gasteiger partial charge in [0.05, 0.1) is 0 Å². The molecule has 102 valence electrons. The van der Waals surface area contributed by atoms with Crippen molar-refractivity contribution in [3.8, 4) is 0 Å². The minimum absolute atomic E-state index is 0.185. The van der Waals surface area contributed by atoms with Crippen LogP contribution in [0.1, 0.15) is 58.2 Å². The van der Waals surface area contributed by atoms with Gasteiger partial charge in [0.25, 0.3) is 0 Å². The first-order valence-corrected chi connectivity index (χ1v) is 7.09. The minimum atomic E-state index is 0.185. The number of rotatable bonds is 6. The fraction of sp³-hybridized carbons (Fsp3) is 0.857. The summed E-state index contributed by atoms with van der Waals surface area (Å²) in [5, 5.41) is 11.7. The van der Waals surface area contributed by atoms with Crippen LogP contribution in [0, 0.1) is 5.92 Å². The molecule has 0 radical (unpaired) electrons. The molecule has 0 atom stereocenters. The highest BCUT2D eigenvalue weighted by Gasteiger charge is 2.20. The molecule has 1 N–H and O–H groups in total. The Morgan fingerprint density at radius 1 is 1.22 bits per heavy atom. The molecule has 0 unspecified atom stereocenters. The van der Waals surface area contributed by atoms with Gasteiger partial charge in [-0.25, -0.2) is 0 Å². The van der Waals surface area contributed by atoms with Crippen molar-refractivity contribution in [2.24, 2.45) is 5.92 Å². The molecule has 4 heteroatoms. The predicted octanol–water partition coefficient (Wildman–Crippen LogP) is 2.73. The first-order valence-electron chi connectivity index (χ1n) is 7.09. The minimum Gasteiger partial charge on any atom is -0.425 e. The van der Waals surface area contributed by atoms with E-state index in [1.54, 1.807) is 0 Å². The van der Waals surface area contributed by atoms with Crippen LogP contribution in [0.5, 0.6) is 0 Å². The fourth-order valence-corrected chi connectivity index (χ4v) is 2.12. The number of hydrogen-bond acceptors (Lipinski definition) is 4. The summed E-state index contributed by atoms with van der Waals surface area (Å²) in [5.41, 5.74) is 0.185. The van der Waals surface area contributed by atoms with Crippen molar-refractivity contribution in [3.63, 3.8) is 0 Å². The van der Waals surface area contributed by atoms with E-state index in [0.717, 1.165) is 43.5 Å². The van der Waals surface area contributed by atoms with Gasteiger partial charge in [0.2, 0.25) is 11.8 Å². The Balaban J connectivity index is 1.66. The third-order valence-electron chi connectivity index (χ3n) is 3.42. The summed E-state index contributed by atoms with van der Waals surface area (Å²) in [7, 11) is 0. The van der Waals surface area contributed by atoms with E-state index < -0.39 is 0 Å².